The van der Waals surface area contributed by atoms with Gasteiger partial charge in [0.25, 0.3) is 0 Å². The molecule has 0 radical (unpaired) electrons. The van der Waals surface area contributed by atoms with Crippen LogP contribution in [0, 0.1) is 5.92 Å². The Morgan fingerprint density at radius 2 is 1.19 bits per heavy atom. The van der Waals surface area contributed by atoms with Crippen LogP contribution >= 0.6 is 12.6 Å². The first kappa shape index (κ1) is 45.3. The molecule has 0 saturated carbocycles. The van der Waals surface area contributed by atoms with Gasteiger partial charge in [-0.3, -0.25) is 48.1 Å². The minimum absolute atomic E-state index is 0.0207. The molecule has 0 unspecified atom stereocenters. The van der Waals surface area contributed by atoms with Crippen LogP contribution in [0.1, 0.15) is 32.1 Å². The van der Waals surface area contributed by atoms with Gasteiger partial charge in [0.05, 0.1) is 32.2 Å². The zero-order valence-electron chi connectivity index (χ0n) is 28.8. The smallest absolute Gasteiger partial charge is 0.303 e. The average molecular weight is 769 g/mol. The number of carboxylic acid groups (broad SMARTS) is 1. The van der Waals surface area contributed by atoms with Crippen molar-refractivity contribution in [2.75, 3.05) is 38.5 Å². The SMILES string of the molecule is NC(=O)[C@H](CS)NC(=O)CNC(=O)CNC(=O)CNC(=O)CNC(=O)[C@@H](CCC(=O)O)NC(=O)[C@H](CCCN=C(N)N)NC(=O)[C@@H](N)CC1C=CC=C1. The lowest BCUT2D eigenvalue weighted by molar-refractivity contribution is -0.138. The van der Waals surface area contributed by atoms with Gasteiger partial charge in [-0.1, -0.05) is 24.3 Å². The largest absolute Gasteiger partial charge is 0.481 e. The van der Waals surface area contributed by atoms with Crippen LogP contribution in [0.5, 0.6) is 0 Å². The molecular weight excluding hydrogens is 720 g/mol. The Kier molecular flexibility index (Phi) is 20.9. The van der Waals surface area contributed by atoms with E-state index in [0.717, 1.165) is 0 Å². The van der Waals surface area contributed by atoms with E-state index >= 15 is 0 Å². The summed E-state index contributed by atoms with van der Waals surface area (Å²) in [5.41, 5.74) is 21.8. The Labute approximate surface area is 309 Å². The maximum atomic E-state index is 13.3. The normalized spacial score (nSPS) is 14.0. The Bertz CT molecular complexity index is 1420. The number of nitrogens with one attached hydrogen (secondary N) is 7. The number of carboxylic acids is 1. The standard InChI is InChI=1S/C30H48N12O10S/c31-17(10-16-4-1-2-5-16)27(50)41-18(6-3-9-35-30(33)34)29(52)42-19(7-8-25(47)48)28(51)39-13-23(45)37-11-21(43)36-12-22(44)38-14-24(46)40-20(15-53)26(32)49/h1-2,4-5,16-20,53H,3,6-15,31H2,(H2,32,49)(H,36,43)(H,37,45)(H,38,44)(H,39,51)(H,40,46)(H,41,50)(H,42,52)(H,47,48)(H4,33,34,35)/t17-,18-,19+,20-/m0/s1. The third kappa shape index (κ3) is 20.1. The number of thiol groups is 1. The number of aliphatic imine (C=N–C) groups is 1. The summed E-state index contributed by atoms with van der Waals surface area (Å²) in [5.74, 6) is -7.93. The van der Waals surface area contributed by atoms with Crippen molar-refractivity contribution in [1.82, 2.24) is 37.2 Å². The molecule has 0 heterocycles. The Morgan fingerprint density at radius 1 is 0.679 bits per heavy atom. The molecule has 0 bridgehead atoms. The number of allylic oxidation sites excluding steroid dienone is 4. The van der Waals surface area contributed by atoms with Crippen molar-refractivity contribution in [3.63, 3.8) is 0 Å². The van der Waals surface area contributed by atoms with E-state index in [1.807, 2.05) is 24.3 Å². The van der Waals surface area contributed by atoms with E-state index in [4.69, 9.17) is 22.9 Å². The Hall–Kier alpha value is -5.71. The van der Waals surface area contributed by atoms with Gasteiger partial charge in [-0.15, -0.1) is 0 Å². The van der Waals surface area contributed by atoms with E-state index in [2.05, 4.69) is 54.8 Å². The molecule has 22 nitrogen and oxygen atoms in total. The lowest BCUT2D eigenvalue weighted by Crippen LogP contribution is -2.56. The van der Waals surface area contributed by atoms with Crippen molar-refractivity contribution in [3.05, 3.63) is 24.3 Å². The van der Waals surface area contributed by atoms with Crippen molar-refractivity contribution in [2.24, 2.45) is 33.8 Å². The summed E-state index contributed by atoms with van der Waals surface area (Å²) in [6.45, 7) is -2.26. The number of hydrogen-bond donors (Lipinski definition) is 13. The fourth-order valence-electron chi connectivity index (χ4n) is 4.36. The predicted molar refractivity (Wildman–Crippen MR) is 192 cm³/mol. The van der Waals surface area contributed by atoms with Crippen LogP contribution in [0.4, 0.5) is 0 Å². The number of carbonyl (C=O) groups excluding carboxylic acids is 8. The summed E-state index contributed by atoms with van der Waals surface area (Å²) < 4.78 is 0. The van der Waals surface area contributed by atoms with E-state index in [9.17, 15) is 48.3 Å². The van der Waals surface area contributed by atoms with Gasteiger partial charge in [-0.25, -0.2) is 0 Å². The van der Waals surface area contributed by atoms with Crippen molar-refractivity contribution < 1.29 is 48.3 Å². The van der Waals surface area contributed by atoms with Gasteiger partial charge >= 0.3 is 5.97 Å². The molecule has 53 heavy (non-hydrogen) atoms. The molecule has 1 aliphatic carbocycles. The number of nitrogens with zero attached hydrogens (tertiary/aromatic N) is 1. The molecule has 294 valence electrons. The minimum Gasteiger partial charge on any atom is -0.481 e. The maximum Gasteiger partial charge on any atom is 0.303 e. The summed E-state index contributed by atoms with van der Waals surface area (Å²) in [5, 5.41) is 25.3. The van der Waals surface area contributed by atoms with Crippen LogP contribution in [-0.2, 0) is 43.2 Å². The summed E-state index contributed by atoms with van der Waals surface area (Å²) >= 11 is 3.88. The van der Waals surface area contributed by atoms with Crippen molar-refractivity contribution in [1.29, 1.82) is 0 Å². The number of guanidine groups is 1. The number of aliphatic carboxylic acids is 1. The van der Waals surface area contributed by atoms with Gasteiger partial charge in [0.1, 0.15) is 18.1 Å². The van der Waals surface area contributed by atoms with Gasteiger partial charge in [0, 0.05) is 18.7 Å². The monoisotopic (exact) mass is 768 g/mol. The average Bonchev–Trinajstić information content (AvgIpc) is 3.62. The first-order valence-corrected chi connectivity index (χ1v) is 16.9. The van der Waals surface area contributed by atoms with Crippen LogP contribution in [0.25, 0.3) is 0 Å². The third-order valence-electron chi connectivity index (χ3n) is 7.17. The molecule has 0 aliphatic heterocycles. The lowest BCUT2D eigenvalue weighted by Gasteiger charge is -2.24. The van der Waals surface area contributed by atoms with Gasteiger partial charge < -0.3 is 65.3 Å². The number of hydrogen-bond acceptors (Lipinski definition) is 12. The summed E-state index contributed by atoms with van der Waals surface area (Å²) in [6.07, 6.45) is 6.94. The molecule has 0 fully saturated rings. The molecule has 16 N–H and O–H groups in total. The van der Waals surface area contributed by atoms with E-state index in [-0.39, 0.29) is 49.9 Å². The molecule has 1 aliphatic rings. The fourth-order valence-corrected chi connectivity index (χ4v) is 4.63. The molecule has 4 atom stereocenters. The van der Waals surface area contributed by atoms with Crippen molar-refractivity contribution in [3.8, 4) is 0 Å². The van der Waals surface area contributed by atoms with E-state index in [1.165, 1.54) is 0 Å². The Morgan fingerprint density at radius 3 is 1.70 bits per heavy atom. The van der Waals surface area contributed by atoms with Gasteiger partial charge in [-0.2, -0.15) is 12.6 Å². The van der Waals surface area contributed by atoms with Crippen LogP contribution in [0.15, 0.2) is 29.3 Å². The highest BCUT2D eigenvalue weighted by atomic mass is 32.1. The molecule has 0 spiro atoms. The predicted octanol–water partition coefficient (Wildman–Crippen LogP) is -6.30. The van der Waals surface area contributed by atoms with Gasteiger partial charge in [0.2, 0.25) is 47.3 Å². The summed E-state index contributed by atoms with van der Waals surface area (Å²) in [7, 11) is 0. The van der Waals surface area contributed by atoms with Crippen LogP contribution in [0.3, 0.4) is 0 Å². The fraction of sp³-hybridized carbons (Fsp3) is 0.533. The second-order valence-corrected chi connectivity index (χ2v) is 11.9. The third-order valence-corrected chi connectivity index (χ3v) is 7.54. The molecule has 23 heteroatoms. The first-order valence-electron chi connectivity index (χ1n) is 16.3. The van der Waals surface area contributed by atoms with Gasteiger partial charge in [-0.05, 0) is 31.6 Å². The molecule has 0 aromatic rings. The highest BCUT2D eigenvalue weighted by Gasteiger charge is 2.29. The van der Waals surface area contributed by atoms with E-state index < -0.39 is 110 Å². The molecule has 8 amide bonds. The molecular formula is C30H48N12O10S. The van der Waals surface area contributed by atoms with Crippen LogP contribution in [0.2, 0.25) is 0 Å². The highest BCUT2D eigenvalue weighted by molar-refractivity contribution is 7.80. The second kappa shape index (κ2) is 24.5. The quantitative estimate of drug-likeness (QED) is 0.0178. The van der Waals surface area contributed by atoms with E-state index in [0.29, 0.717) is 0 Å². The number of amides is 8. The zero-order chi connectivity index (χ0) is 39.9. The first-order chi connectivity index (χ1) is 25.0. The lowest BCUT2D eigenvalue weighted by atomic mass is 10.0. The molecule has 0 saturated heterocycles. The van der Waals surface area contributed by atoms with Crippen molar-refractivity contribution in [2.45, 2.75) is 56.3 Å². The van der Waals surface area contributed by atoms with E-state index in [1.54, 1.807) is 0 Å². The van der Waals surface area contributed by atoms with Crippen molar-refractivity contribution >= 4 is 71.8 Å². The maximum absolute atomic E-state index is 13.3. The number of carbonyl (C=O) groups is 9. The van der Waals surface area contributed by atoms with Gasteiger partial charge in [0.15, 0.2) is 5.96 Å². The van der Waals surface area contributed by atoms with Crippen LogP contribution < -0.4 is 60.2 Å². The summed E-state index contributed by atoms with van der Waals surface area (Å²) in [4.78, 5) is 114. The molecule has 0 aromatic heterocycles. The molecule has 0 aromatic carbocycles. The highest BCUT2D eigenvalue weighted by Crippen LogP contribution is 2.15. The minimum atomic E-state index is -1.45. The number of primary amides is 1. The summed E-state index contributed by atoms with van der Waals surface area (Å²) in [6, 6.07) is -4.69. The molecule has 1 rings (SSSR count). The zero-order valence-corrected chi connectivity index (χ0v) is 29.7. The topological polar surface area (TPSA) is 375 Å². The van der Waals surface area contributed by atoms with Crippen LogP contribution in [-0.4, -0.2) is 127 Å². The Balaban J connectivity index is 2.70. The number of nitrogens with two attached hydrogens (primary N) is 4. The number of rotatable bonds is 25. The second-order valence-electron chi connectivity index (χ2n) is 11.5.